The molecule has 0 spiro atoms. The monoisotopic (exact) mass is 375 g/mol. The Morgan fingerprint density at radius 2 is 1.74 bits per heavy atom. The number of hydrogen-bond donors (Lipinski definition) is 3. The quantitative estimate of drug-likeness (QED) is 0.502. The molecule has 1 aliphatic carbocycles. The number of amides is 3. The summed E-state index contributed by atoms with van der Waals surface area (Å²) < 4.78 is 5.28. The Hall–Kier alpha value is -2.57. The predicted molar refractivity (Wildman–Crippen MR) is 102 cm³/mol. The molecule has 1 saturated carbocycles. The Kier molecular flexibility index (Phi) is 8.10. The zero-order valence-electron chi connectivity index (χ0n) is 15.8. The van der Waals surface area contributed by atoms with E-state index < -0.39 is 24.1 Å². The number of nitrogens with two attached hydrogens (primary N) is 1. The topological polar surface area (TPSA) is 111 Å². The third kappa shape index (κ3) is 7.29. The highest BCUT2D eigenvalue weighted by molar-refractivity contribution is 5.84. The third-order valence-electron chi connectivity index (χ3n) is 4.77. The van der Waals surface area contributed by atoms with E-state index in [0.717, 1.165) is 31.2 Å². The van der Waals surface area contributed by atoms with Crippen LogP contribution in [0.1, 0.15) is 63.5 Å². The van der Waals surface area contributed by atoms with Gasteiger partial charge in [-0.05, 0) is 25.3 Å². The molecule has 3 amide bonds. The van der Waals surface area contributed by atoms with Crippen LogP contribution in [0, 0.1) is 0 Å². The first-order valence-electron chi connectivity index (χ1n) is 9.56. The molecule has 0 aliphatic heterocycles. The van der Waals surface area contributed by atoms with Gasteiger partial charge in [-0.15, -0.1) is 0 Å². The number of carbonyl (C=O) groups excluding carboxylic acids is 3. The molecule has 7 nitrogen and oxygen atoms in total. The summed E-state index contributed by atoms with van der Waals surface area (Å²) in [5.74, 6) is -0.851. The summed E-state index contributed by atoms with van der Waals surface area (Å²) in [5, 5.41) is 5.51. The first kappa shape index (κ1) is 20.7. The van der Waals surface area contributed by atoms with Gasteiger partial charge in [-0.1, -0.05) is 56.0 Å². The van der Waals surface area contributed by atoms with Gasteiger partial charge in [0.15, 0.2) is 6.10 Å². The number of primary amides is 1. The molecule has 7 heteroatoms. The lowest BCUT2D eigenvalue weighted by molar-refractivity contribution is -0.155. The fraction of sp³-hybridized carbons (Fsp3) is 0.550. The van der Waals surface area contributed by atoms with Crippen LogP contribution in [0.15, 0.2) is 30.3 Å². The molecule has 148 valence electrons. The molecule has 0 radical (unpaired) electrons. The second kappa shape index (κ2) is 10.5. The number of rotatable bonds is 7. The van der Waals surface area contributed by atoms with Gasteiger partial charge in [0, 0.05) is 6.04 Å². The lowest BCUT2D eigenvalue weighted by Gasteiger charge is -2.21. The van der Waals surface area contributed by atoms with Crippen molar-refractivity contribution in [1.29, 1.82) is 0 Å². The van der Waals surface area contributed by atoms with Crippen LogP contribution in [0.5, 0.6) is 0 Å². The average molecular weight is 375 g/mol. The molecule has 0 bridgehead atoms. The van der Waals surface area contributed by atoms with Crippen molar-refractivity contribution in [3.8, 4) is 0 Å². The van der Waals surface area contributed by atoms with E-state index in [1.165, 1.54) is 12.8 Å². The van der Waals surface area contributed by atoms with Crippen molar-refractivity contribution in [2.45, 2.75) is 70.1 Å². The second-order valence-electron chi connectivity index (χ2n) is 7.01. The van der Waals surface area contributed by atoms with E-state index in [2.05, 4.69) is 10.6 Å². The van der Waals surface area contributed by atoms with Crippen molar-refractivity contribution in [2.24, 2.45) is 5.73 Å². The van der Waals surface area contributed by atoms with Crippen molar-refractivity contribution in [2.75, 3.05) is 0 Å². The Morgan fingerprint density at radius 3 is 2.33 bits per heavy atom. The van der Waals surface area contributed by atoms with Crippen molar-refractivity contribution >= 4 is 17.9 Å². The maximum atomic E-state index is 12.3. The van der Waals surface area contributed by atoms with Gasteiger partial charge >= 0.3 is 12.0 Å². The predicted octanol–water partition coefficient (Wildman–Crippen LogP) is 2.56. The largest absolute Gasteiger partial charge is 0.452 e. The highest BCUT2D eigenvalue weighted by Crippen LogP contribution is 2.19. The van der Waals surface area contributed by atoms with Crippen LogP contribution in [-0.2, 0) is 14.3 Å². The van der Waals surface area contributed by atoms with Gasteiger partial charge in [-0.2, -0.15) is 0 Å². The average Bonchev–Trinajstić information content (AvgIpc) is 2.90. The number of carbonyl (C=O) groups is 3. The Labute approximate surface area is 160 Å². The number of nitrogens with one attached hydrogen (secondary N) is 2. The summed E-state index contributed by atoms with van der Waals surface area (Å²) in [5.41, 5.74) is 5.95. The molecule has 27 heavy (non-hydrogen) atoms. The third-order valence-corrected chi connectivity index (χ3v) is 4.77. The molecule has 2 unspecified atom stereocenters. The van der Waals surface area contributed by atoms with Crippen LogP contribution >= 0.6 is 0 Å². The van der Waals surface area contributed by atoms with Gasteiger partial charge in [0.25, 0.3) is 5.91 Å². The minimum Gasteiger partial charge on any atom is -0.452 e. The summed E-state index contributed by atoms with van der Waals surface area (Å²) >= 11 is 0. The summed E-state index contributed by atoms with van der Waals surface area (Å²) in [6.07, 6.45) is 5.55. The summed E-state index contributed by atoms with van der Waals surface area (Å²) in [6.45, 7) is 1.56. The van der Waals surface area contributed by atoms with E-state index in [9.17, 15) is 14.4 Å². The highest BCUT2D eigenvalue weighted by atomic mass is 16.5. The maximum Gasteiger partial charge on any atom is 0.312 e. The standard InChI is InChI=1S/C20H29N3O4/c1-14(19(25)22-16-11-7-2-3-8-12-16)27-18(24)13-17(23-20(21)26)15-9-5-4-6-10-15/h4-6,9-10,14,16-17H,2-3,7-8,11-13H2,1H3,(H,22,25)(H3,21,23,26). The van der Waals surface area contributed by atoms with Gasteiger partial charge in [-0.3, -0.25) is 9.59 Å². The lowest BCUT2D eigenvalue weighted by Crippen LogP contribution is -2.42. The Bertz CT molecular complexity index is 627. The lowest BCUT2D eigenvalue weighted by atomic mass is 10.0. The molecule has 0 heterocycles. The van der Waals surface area contributed by atoms with E-state index in [1.807, 2.05) is 6.07 Å². The van der Waals surface area contributed by atoms with Crippen LogP contribution in [0.4, 0.5) is 4.79 Å². The van der Waals surface area contributed by atoms with E-state index in [0.29, 0.717) is 0 Å². The molecule has 1 aliphatic rings. The molecule has 2 rings (SSSR count). The van der Waals surface area contributed by atoms with E-state index >= 15 is 0 Å². The number of hydrogen-bond acceptors (Lipinski definition) is 4. The van der Waals surface area contributed by atoms with Crippen molar-refractivity contribution < 1.29 is 19.1 Å². The van der Waals surface area contributed by atoms with Crippen molar-refractivity contribution in [3.05, 3.63) is 35.9 Å². The van der Waals surface area contributed by atoms with Crippen LogP contribution in [-0.4, -0.2) is 30.1 Å². The van der Waals surface area contributed by atoms with Crippen LogP contribution in [0.25, 0.3) is 0 Å². The van der Waals surface area contributed by atoms with Crippen molar-refractivity contribution in [1.82, 2.24) is 10.6 Å². The summed E-state index contributed by atoms with van der Waals surface area (Å²) in [4.78, 5) is 35.8. The Morgan fingerprint density at radius 1 is 1.11 bits per heavy atom. The smallest absolute Gasteiger partial charge is 0.312 e. The fourth-order valence-electron chi connectivity index (χ4n) is 3.32. The second-order valence-corrected chi connectivity index (χ2v) is 7.01. The van der Waals surface area contributed by atoms with Gasteiger partial charge < -0.3 is 21.1 Å². The van der Waals surface area contributed by atoms with Gasteiger partial charge in [0.1, 0.15) is 0 Å². The minimum atomic E-state index is -0.884. The van der Waals surface area contributed by atoms with Gasteiger partial charge in [0.05, 0.1) is 12.5 Å². The zero-order chi connectivity index (χ0) is 19.6. The molecular formula is C20H29N3O4. The van der Waals surface area contributed by atoms with E-state index in [1.54, 1.807) is 31.2 Å². The number of ether oxygens (including phenoxy) is 1. The first-order valence-corrected chi connectivity index (χ1v) is 9.56. The van der Waals surface area contributed by atoms with E-state index in [-0.39, 0.29) is 18.4 Å². The first-order chi connectivity index (χ1) is 13.0. The normalized spacial score (nSPS) is 17.2. The van der Waals surface area contributed by atoms with Crippen molar-refractivity contribution in [3.63, 3.8) is 0 Å². The number of urea groups is 1. The molecular weight excluding hydrogens is 346 g/mol. The maximum absolute atomic E-state index is 12.3. The fourth-order valence-corrected chi connectivity index (χ4v) is 3.32. The number of benzene rings is 1. The summed E-state index contributed by atoms with van der Waals surface area (Å²) in [6, 6.07) is 7.84. The minimum absolute atomic E-state index is 0.103. The SMILES string of the molecule is CC(OC(=O)CC(NC(N)=O)c1ccccc1)C(=O)NC1CCCCCC1. The Balaban J connectivity index is 1.87. The van der Waals surface area contributed by atoms with Crippen LogP contribution < -0.4 is 16.4 Å². The molecule has 4 N–H and O–H groups in total. The molecule has 0 saturated heterocycles. The van der Waals surface area contributed by atoms with Crippen LogP contribution in [0.2, 0.25) is 0 Å². The van der Waals surface area contributed by atoms with Gasteiger partial charge in [0.2, 0.25) is 0 Å². The van der Waals surface area contributed by atoms with E-state index in [4.69, 9.17) is 10.5 Å². The summed E-state index contributed by atoms with van der Waals surface area (Å²) in [7, 11) is 0. The molecule has 1 aromatic carbocycles. The molecule has 0 aromatic heterocycles. The van der Waals surface area contributed by atoms with Gasteiger partial charge in [-0.25, -0.2) is 4.79 Å². The molecule has 1 aromatic rings. The number of esters is 1. The zero-order valence-corrected chi connectivity index (χ0v) is 15.8. The molecule has 1 fully saturated rings. The van der Waals surface area contributed by atoms with Crippen LogP contribution in [0.3, 0.4) is 0 Å². The molecule has 2 atom stereocenters. The highest BCUT2D eigenvalue weighted by Gasteiger charge is 2.24.